The Balaban J connectivity index is 2.26. The standard InChI is InChI=1S/C23H33N5O5/c1-5-12(2)19(23(32)33)28-22(31)18(27-21(30)14(4)26-20(29)13(3)24)10-15-11-25-17-9-7-6-8-16(15)17/h6-9,11-14,18-19,25H,5,10,24H2,1-4H3,(H,26,29)(H,27,30)(H,28,31)(H,32,33). The zero-order valence-corrected chi connectivity index (χ0v) is 19.3. The van der Waals surface area contributed by atoms with Gasteiger partial charge in [-0.05, 0) is 31.4 Å². The van der Waals surface area contributed by atoms with Gasteiger partial charge in [0.1, 0.15) is 18.1 Å². The normalized spacial score (nSPS) is 15.7. The second kappa shape index (κ2) is 11.5. The summed E-state index contributed by atoms with van der Waals surface area (Å²) in [5.41, 5.74) is 7.19. The van der Waals surface area contributed by atoms with Gasteiger partial charge in [0.15, 0.2) is 0 Å². The number of carboxylic acid groups (broad SMARTS) is 1. The zero-order chi connectivity index (χ0) is 24.7. The van der Waals surface area contributed by atoms with E-state index in [0.717, 1.165) is 16.5 Å². The Labute approximate surface area is 192 Å². The number of carbonyl (C=O) groups is 4. The number of benzene rings is 1. The number of carboxylic acids is 1. The Hall–Kier alpha value is -3.40. The van der Waals surface area contributed by atoms with Crippen LogP contribution >= 0.6 is 0 Å². The molecular formula is C23H33N5O5. The molecule has 0 aliphatic heterocycles. The van der Waals surface area contributed by atoms with E-state index < -0.39 is 47.9 Å². The van der Waals surface area contributed by atoms with Gasteiger partial charge in [0.2, 0.25) is 17.7 Å². The molecule has 2 rings (SSSR count). The minimum Gasteiger partial charge on any atom is -0.480 e. The average molecular weight is 460 g/mol. The molecule has 5 atom stereocenters. The maximum absolute atomic E-state index is 13.1. The van der Waals surface area contributed by atoms with E-state index in [0.29, 0.717) is 6.42 Å². The minimum atomic E-state index is -1.15. The van der Waals surface area contributed by atoms with Gasteiger partial charge in [-0.25, -0.2) is 4.79 Å². The molecular weight excluding hydrogens is 426 g/mol. The van der Waals surface area contributed by atoms with Crippen LogP contribution in [0.15, 0.2) is 30.5 Å². The van der Waals surface area contributed by atoms with E-state index in [4.69, 9.17) is 5.73 Å². The second-order valence-corrected chi connectivity index (χ2v) is 8.35. The molecule has 0 radical (unpaired) electrons. The highest BCUT2D eigenvalue weighted by atomic mass is 16.4. The number of nitrogens with two attached hydrogens (primary N) is 1. The number of hydrogen-bond donors (Lipinski definition) is 6. The quantitative estimate of drug-likeness (QED) is 0.289. The van der Waals surface area contributed by atoms with Crippen LogP contribution in [0.25, 0.3) is 10.9 Å². The summed E-state index contributed by atoms with van der Waals surface area (Å²) in [7, 11) is 0. The van der Waals surface area contributed by atoms with Gasteiger partial charge in [0, 0.05) is 23.5 Å². The van der Waals surface area contributed by atoms with E-state index in [1.54, 1.807) is 13.1 Å². The first-order valence-corrected chi connectivity index (χ1v) is 11.0. The zero-order valence-electron chi connectivity index (χ0n) is 19.3. The SMILES string of the molecule is CCC(C)C(NC(=O)C(Cc1c[nH]c2ccccc12)NC(=O)C(C)NC(=O)C(C)N)C(=O)O. The summed E-state index contributed by atoms with van der Waals surface area (Å²) in [5.74, 6) is -3.16. The first-order valence-electron chi connectivity index (χ1n) is 11.0. The maximum Gasteiger partial charge on any atom is 0.326 e. The van der Waals surface area contributed by atoms with Gasteiger partial charge < -0.3 is 31.8 Å². The number of aromatic nitrogens is 1. The molecule has 0 saturated carbocycles. The second-order valence-electron chi connectivity index (χ2n) is 8.35. The van der Waals surface area contributed by atoms with Crippen molar-refractivity contribution in [3.05, 3.63) is 36.0 Å². The number of H-pyrrole nitrogens is 1. The summed E-state index contributed by atoms with van der Waals surface area (Å²) in [4.78, 5) is 52.5. The fourth-order valence-electron chi connectivity index (χ4n) is 3.37. The van der Waals surface area contributed by atoms with Crippen molar-refractivity contribution in [2.45, 2.75) is 64.7 Å². The molecule has 1 heterocycles. The molecule has 0 spiro atoms. The van der Waals surface area contributed by atoms with Crippen molar-refractivity contribution in [1.82, 2.24) is 20.9 Å². The van der Waals surface area contributed by atoms with Gasteiger partial charge in [-0.2, -0.15) is 0 Å². The molecule has 10 nitrogen and oxygen atoms in total. The predicted molar refractivity (Wildman–Crippen MR) is 124 cm³/mol. The smallest absolute Gasteiger partial charge is 0.326 e. The molecule has 0 saturated heterocycles. The molecule has 10 heteroatoms. The molecule has 0 aliphatic carbocycles. The Morgan fingerprint density at radius 1 is 1.00 bits per heavy atom. The molecule has 0 fully saturated rings. The summed E-state index contributed by atoms with van der Waals surface area (Å²) in [6.07, 6.45) is 2.43. The summed E-state index contributed by atoms with van der Waals surface area (Å²) >= 11 is 0. The number of fused-ring (bicyclic) bond motifs is 1. The van der Waals surface area contributed by atoms with Crippen LogP contribution < -0.4 is 21.7 Å². The van der Waals surface area contributed by atoms with Crippen LogP contribution in [0.4, 0.5) is 0 Å². The van der Waals surface area contributed by atoms with E-state index in [1.807, 2.05) is 31.2 Å². The summed E-state index contributed by atoms with van der Waals surface area (Å²) in [5, 5.41) is 18.1. The van der Waals surface area contributed by atoms with Crippen molar-refractivity contribution >= 4 is 34.6 Å². The highest BCUT2D eigenvalue weighted by molar-refractivity contribution is 5.94. The monoisotopic (exact) mass is 459 g/mol. The van der Waals surface area contributed by atoms with Crippen LogP contribution in [0.1, 0.15) is 39.7 Å². The Morgan fingerprint density at radius 2 is 1.67 bits per heavy atom. The number of nitrogens with one attached hydrogen (secondary N) is 4. The molecule has 33 heavy (non-hydrogen) atoms. The number of para-hydroxylation sites is 1. The highest BCUT2D eigenvalue weighted by Gasteiger charge is 2.31. The Kier molecular flexibility index (Phi) is 8.98. The molecule has 7 N–H and O–H groups in total. The lowest BCUT2D eigenvalue weighted by Crippen LogP contribution is -2.57. The average Bonchev–Trinajstić information content (AvgIpc) is 3.18. The largest absolute Gasteiger partial charge is 0.480 e. The highest BCUT2D eigenvalue weighted by Crippen LogP contribution is 2.19. The van der Waals surface area contributed by atoms with Gasteiger partial charge in [-0.15, -0.1) is 0 Å². The third-order valence-electron chi connectivity index (χ3n) is 5.67. The molecule has 1 aromatic carbocycles. The first kappa shape index (κ1) is 25.9. The van der Waals surface area contributed by atoms with Gasteiger partial charge in [-0.1, -0.05) is 38.5 Å². The summed E-state index contributed by atoms with van der Waals surface area (Å²) in [6, 6.07) is 3.63. The van der Waals surface area contributed by atoms with Crippen LogP contribution in [0.3, 0.4) is 0 Å². The van der Waals surface area contributed by atoms with E-state index >= 15 is 0 Å². The molecule has 1 aromatic heterocycles. The number of amides is 3. The molecule has 0 aliphatic rings. The molecule has 0 bridgehead atoms. The Bertz CT molecular complexity index is 1000. The number of carbonyl (C=O) groups excluding carboxylic acids is 3. The maximum atomic E-state index is 13.1. The van der Waals surface area contributed by atoms with Gasteiger partial charge in [-0.3, -0.25) is 14.4 Å². The summed E-state index contributed by atoms with van der Waals surface area (Å²) < 4.78 is 0. The fraction of sp³-hybridized carbons (Fsp3) is 0.478. The van der Waals surface area contributed by atoms with Crippen LogP contribution in [0, 0.1) is 5.92 Å². The van der Waals surface area contributed by atoms with E-state index in [9.17, 15) is 24.3 Å². The van der Waals surface area contributed by atoms with E-state index in [1.165, 1.54) is 13.8 Å². The number of aromatic amines is 1. The third kappa shape index (κ3) is 6.79. The van der Waals surface area contributed by atoms with Crippen LogP contribution in [0.2, 0.25) is 0 Å². The van der Waals surface area contributed by atoms with Crippen molar-refractivity contribution in [3.63, 3.8) is 0 Å². The molecule has 5 unspecified atom stereocenters. The van der Waals surface area contributed by atoms with Crippen molar-refractivity contribution in [2.75, 3.05) is 0 Å². The van der Waals surface area contributed by atoms with Gasteiger partial charge in [0.25, 0.3) is 0 Å². The molecule has 2 aromatic rings. The molecule has 180 valence electrons. The van der Waals surface area contributed by atoms with Crippen molar-refractivity contribution in [3.8, 4) is 0 Å². The first-order chi connectivity index (χ1) is 15.5. The lowest BCUT2D eigenvalue weighted by Gasteiger charge is -2.25. The summed E-state index contributed by atoms with van der Waals surface area (Å²) in [6.45, 7) is 6.54. The van der Waals surface area contributed by atoms with Crippen LogP contribution in [0.5, 0.6) is 0 Å². The lowest BCUT2D eigenvalue weighted by atomic mass is 9.98. The lowest BCUT2D eigenvalue weighted by molar-refractivity contribution is -0.143. The van der Waals surface area contributed by atoms with Crippen LogP contribution in [-0.2, 0) is 25.6 Å². The fourth-order valence-corrected chi connectivity index (χ4v) is 3.37. The van der Waals surface area contributed by atoms with Crippen LogP contribution in [-0.4, -0.2) is 57.9 Å². The minimum absolute atomic E-state index is 0.127. The topological polar surface area (TPSA) is 166 Å². The third-order valence-corrected chi connectivity index (χ3v) is 5.67. The van der Waals surface area contributed by atoms with Gasteiger partial charge >= 0.3 is 5.97 Å². The van der Waals surface area contributed by atoms with Crippen molar-refractivity contribution in [2.24, 2.45) is 11.7 Å². The van der Waals surface area contributed by atoms with E-state index in [2.05, 4.69) is 20.9 Å². The van der Waals surface area contributed by atoms with Crippen molar-refractivity contribution < 1.29 is 24.3 Å². The number of aliphatic carboxylic acids is 1. The van der Waals surface area contributed by atoms with Crippen molar-refractivity contribution in [1.29, 1.82) is 0 Å². The Morgan fingerprint density at radius 3 is 2.27 bits per heavy atom. The number of rotatable bonds is 11. The molecule has 3 amide bonds. The number of hydrogen-bond acceptors (Lipinski definition) is 5. The van der Waals surface area contributed by atoms with Gasteiger partial charge in [0.05, 0.1) is 6.04 Å². The predicted octanol–water partition coefficient (Wildman–Crippen LogP) is 0.663. The van der Waals surface area contributed by atoms with E-state index in [-0.39, 0.29) is 12.3 Å².